The summed E-state index contributed by atoms with van der Waals surface area (Å²) in [5.41, 5.74) is 0.0431. The highest BCUT2D eigenvalue weighted by Crippen LogP contribution is 2.29. The number of rotatable bonds is 4. The van der Waals surface area contributed by atoms with Crippen LogP contribution in [0, 0.1) is 0 Å². The van der Waals surface area contributed by atoms with Crippen molar-refractivity contribution in [1.82, 2.24) is 0 Å². The summed E-state index contributed by atoms with van der Waals surface area (Å²) in [6.45, 7) is 2.04. The second-order valence-corrected chi connectivity index (χ2v) is 4.29. The first kappa shape index (κ1) is 12.0. The van der Waals surface area contributed by atoms with Crippen molar-refractivity contribution in [3.63, 3.8) is 0 Å². The van der Waals surface area contributed by atoms with Gasteiger partial charge in [-0.05, 0) is 18.6 Å². The van der Waals surface area contributed by atoms with Crippen molar-refractivity contribution in [2.75, 3.05) is 0 Å². The number of hydrogen-bond donors (Lipinski definition) is 2. The molecule has 0 saturated carbocycles. The zero-order chi connectivity index (χ0) is 12.3. The van der Waals surface area contributed by atoms with Crippen LogP contribution in [-0.4, -0.2) is 22.7 Å². The number of ether oxygens (including phenoxy) is 2. The molecule has 4 nitrogen and oxygen atoms in total. The Morgan fingerprint density at radius 3 is 2.65 bits per heavy atom. The Bertz CT molecular complexity index is 404. The van der Waals surface area contributed by atoms with Gasteiger partial charge in [-0.25, -0.2) is 0 Å². The van der Waals surface area contributed by atoms with Crippen molar-refractivity contribution >= 4 is 7.12 Å². The highest BCUT2D eigenvalue weighted by atomic mass is 16.7. The third-order valence-electron chi connectivity index (χ3n) is 2.78. The standard InChI is InChI=1S/C12H15BO4/c1-12(13(14)15)8-7-11(17-12)16-9-10-5-3-2-4-6-10/h2-7,14-15H,8-9H2,1H3. The molecule has 1 aromatic carbocycles. The summed E-state index contributed by atoms with van der Waals surface area (Å²) in [6, 6.07) is 9.72. The quantitative estimate of drug-likeness (QED) is 0.769. The van der Waals surface area contributed by atoms with Crippen LogP contribution in [0.25, 0.3) is 0 Å². The minimum absolute atomic E-state index is 0.351. The third-order valence-corrected chi connectivity index (χ3v) is 2.78. The maximum absolute atomic E-state index is 9.16. The predicted octanol–water partition coefficient (Wildman–Crippen LogP) is 1.24. The van der Waals surface area contributed by atoms with Crippen molar-refractivity contribution in [2.24, 2.45) is 0 Å². The van der Waals surface area contributed by atoms with Crippen LogP contribution in [0.2, 0.25) is 0 Å². The molecular formula is C12H15BO4. The van der Waals surface area contributed by atoms with Gasteiger partial charge in [-0.3, -0.25) is 0 Å². The average molecular weight is 234 g/mol. The lowest BCUT2D eigenvalue weighted by molar-refractivity contribution is -0.0204. The van der Waals surface area contributed by atoms with Crippen molar-refractivity contribution in [3.8, 4) is 0 Å². The first-order valence-corrected chi connectivity index (χ1v) is 5.52. The van der Waals surface area contributed by atoms with E-state index in [1.165, 1.54) is 0 Å². The lowest BCUT2D eigenvalue weighted by atomic mass is 9.68. The predicted molar refractivity (Wildman–Crippen MR) is 63.6 cm³/mol. The van der Waals surface area contributed by atoms with Crippen LogP contribution in [0.15, 0.2) is 42.4 Å². The third kappa shape index (κ3) is 2.81. The van der Waals surface area contributed by atoms with Crippen LogP contribution in [0.5, 0.6) is 0 Å². The maximum Gasteiger partial charge on any atom is 0.498 e. The SMILES string of the molecule is CC1(B(O)O)CC=C(OCc2ccccc2)O1. The van der Waals surface area contributed by atoms with Crippen LogP contribution in [0.1, 0.15) is 18.9 Å². The normalized spacial score (nSPS) is 22.9. The van der Waals surface area contributed by atoms with Gasteiger partial charge in [0.25, 0.3) is 5.95 Å². The highest BCUT2D eigenvalue weighted by molar-refractivity contribution is 6.45. The molecule has 0 fully saturated rings. The maximum atomic E-state index is 9.16. The van der Waals surface area contributed by atoms with Gasteiger partial charge < -0.3 is 19.5 Å². The van der Waals surface area contributed by atoms with Crippen LogP contribution < -0.4 is 0 Å². The molecule has 0 bridgehead atoms. The fraction of sp³-hybridized carbons (Fsp3) is 0.333. The molecule has 0 radical (unpaired) electrons. The van der Waals surface area contributed by atoms with E-state index in [0.717, 1.165) is 5.56 Å². The molecule has 1 atom stereocenters. The van der Waals surface area contributed by atoms with E-state index in [-0.39, 0.29) is 0 Å². The second-order valence-electron chi connectivity index (χ2n) is 4.29. The Kier molecular flexibility index (Phi) is 3.40. The fourth-order valence-electron chi connectivity index (χ4n) is 1.57. The molecule has 90 valence electrons. The van der Waals surface area contributed by atoms with Gasteiger partial charge in [0, 0.05) is 6.42 Å². The Labute approximate surface area is 101 Å². The molecule has 2 N–H and O–H groups in total. The van der Waals surface area contributed by atoms with Crippen LogP contribution in [0.3, 0.4) is 0 Å². The molecule has 1 heterocycles. The first-order chi connectivity index (χ1) is 8.10. The van der Waals surface area contributed by atoms with E-state index in [0.29, 0.717) is 19.0 Å². The highest BCUT2D eigenvalue weighted by Gasteiger charge is 2.43. The number of hydrogen-bond acceptors (Lipinski definition) is 4. The van der Waals surface area contributed by atoms with Gasteiger partial charge in [0.2, 0.25) is 0 Å². The van der Waals surface area contributed by atoms with Crippen LogP contribution >= 0.6 is 0 Å². The van der Waals surface area contributed by atoms with E-state index in [4.69, 9.17) is 19.5 Å². The van der Waals surface area contributed by atoms with E-state index in [1.54, 1.807) is 13.0 Å². The molecule has 5 heteroatoms. The molecule has 1 aromatic rings. The van der Waals surface area contributed by atoms with Gasteiger partial charge in [0.05, 0.1) is 0 Å². The molecule has 0 spiro atoms. The molecule has 1 aliphatic rings. The molecule has 0 aromatic heterocycles. The van der Waals surface area contributed by atoms with Crippen LogP contribution in [-0.2, 0) is 16.1 Å². The zero-order valence-corrected chi connectivity index (χ0v) is 9.67. The zero-order valence-electron chi connectivity index (χ0n) is 9.67. The summed E-state index contributed by atoms with van der Waals surface area (Å²) in [4.78, 5) is 0. The summed E-state index contributed by atoms with van der Waals surface area (Å²) >= 11 is 0. The van der Waals surface area contributed by atoms with E-state index < -0.39 is 12.6 Å². The van der Waals surface area contributed by atoms with Gasteiger partial charge in [-0.2, -0.15) is 0 Å². The summed E-state index contributed by atoms with van der Waals surface area (Å²) < 4.78 is 10.8. The Balaban J connectivity index is 1.87. The van der Waals surface area contributed by atoms with Gasteiger partial charge >= 0.3 is 7.12 Å². The van der Waals surface area contributed by atoms with E-state index in [2.05, 4.69) is 0 Å². The molecule has 0 amide bonds. The van der Waals surface area contributed by atoms with E-state index in [1.807, 2.05) is 30.3 Å². The van der Waals surface area contributed by atoms with E-state index >= 15 is 0 Å². The van der Waals surface area contributed by atoms with Gasteiger partial charge in [-0.15, -0.1) is 0 Å². The largest absolute Gasteiger partial charge is 0.498 e. The lowest BCUT2D eigenvalue weighted by Gasteiger charge is -2.23. The minimum Gasteiger partial charge on any atom is -0.461 e. The van der Waals surface area contributed by atoms with E-state index in [9.17, 15) is 0 Å². The second kappa shape index (κ2) is 4.81. The fourth-order valence-corrected chi connectivity index (χ4v) is 1.57. The molecular weight excluding hydrogens is 219 g/mol. The van der Waals surface area contributed by atoms with Gasteiger partial charge in [0.15, 0.2) is 0 Å². The summed E-state index contributed by atoms with van der Waals surface area (Å²) in [7, 11) is -1.52. The van der Waals surface area contributed by atoms with Crippen molar-refractivity contribution < 1.29 is 19.5 Å². The first-order valence-electron chi connectivity index (χ1n) is 5.52. The van der Waals surface area contributed by atoms with Crippen molar-refractivity contribution in [3.05, 3.63) is 47.9 Å². The molecule has 1 unspecified atom stereocenters. The Hall–Kier alpha value is -1.46. The van der Waals surface area contributed by atoms with Gasteiger partial charge in [-0.1, -0.05) is 30.3 Å². The summed E-state index contributed by atoms with van der Waals surface area (Å²) in [5, 5.41) is 18.3. The molecule has 2 rings (SSSR count). The topological polar surface area (TPSA) is 58.9 Å². The van der Waals surface area contributed by atoms with Gasteiger partial charge in [0.1, 0.15) is 12.1 Å². The number of benzene rings is 1. The average Bonchev–Trinajstić information content (AvgIpc) is 2.72. The minimum atomic E-state index is -1.52. The Morgan fingerprint density at radius 2 is 2.06 bits per heavy atom. The van der Waals surface area contributed by atoms with Crippen molar-refractivity contribution in [2.45, 2.75) is 25.5 Å². The van der Waals surface area contributed by atoms with Crippen molar-refractivity contribution in [1.29, 1.82) is 0 Å². The Morgan fingerprint density at radius 1 is 1.35 bits per heavy atom. The molecule has 17 heavy (non-hydrogen) atoms. The summed E-state index contributed by atoms with van der Waals surface area (Å²) in [5.74, 6) is 0.351. The smallest absolute Gasteiger partial charge is 0.461 e. The molecule has 0 saturated heterocycles. The van der Waals surface area contributed by atoms with Crippen LogP contribution in [0.4, 0.5) is 0 Å². The summed E-state index contributed by atoms with van der Waals surface area (Å²) in [6.07, 6.45) is 2.15. The monoisotopic (exact) mass is 234 g/mol. The lowest BCUT2D eigenvalue weighted by Crippen LogP contribution is -2.43. The molecule has 1 aliphatic heterocycles. The molecule has 0 aliphatic carbocycles.